The predicted octanol–water partition coefficient (Wildman–Crippen LogP) is 3.09. The Kier molecular flexibility index (Phi) is 3.21. The zero-order chi connectivity index (χ0) is 13.1. The van der Waals surface area contributed by atoms with Gasteiger partial charge in [0.1, 0.15) is 11.9 Å². The molecule has 0 bridgehead atoms. The van der Waals surface area contributed by atoms with Crippen LogP contribution < -0.4 is 5.48 Å². The fourth-order valence-electron chi connectivity index (χ4n) is 2.17. The monoisotopic (exact) mass is 253 g/mol. The molecule has 3 heteroatoms. The Morgan fingerprint density at radius 2 is 1.89 bits per heavy atom. The van der Waals surface area contributed by atoms with Crippen molar-refractivity contribution in [2.24, 2.45) is 0 Å². The molecular formula is C16H15NO2. The minimum absolute atomic E-state index is 0.147. The lowest BCUT2D eigenvalue weighted by molar-refractivity contribution is 0.0411. The Morgan fingerprint density at radius 1 is 1.05 bits per heavy atom. The molecule has 0 fully saturated rings. The van der Waals surface area contributed by atoms with Gasteiger partial charge in [-0.15, -0.1) is 0 Å². The Bertz CT molecular complexity index is 593. The van der Waals surface area contributed by atoms with Crippen LogP contribution in [0.25, 0.3) is 0 Å². The van der Waals surface area contributed by atoms with E-state index in [1.165, 1.54) is 5.56 Å². The van der Waals surface area contributed by atoms with Crippen LogP contribution >= 0.6 is 0 Å². The van der Waals surface area contributed by atoms with Crippen molar-refractivity contribution in [3.8, 4) is 5.75 Å². The molecule has 1 aliphatic rings. The van der Waals surface area contributed by atoms with Crippen molar-refractivity contribution in [2.75, 3.05) is 0 Å². The molecule has 3 rings (SSSR count). The molecule has 1 atom stereocenters. The van der Waals surface area contributed by atoms with E-state index in [0.29, 0.717) is 0 Å². The predicted molar refractivity (Wildman–Crippen MR) is 73.3 cm³/mol. The number of benzene rings is 2. The summed E-state index contributed by atoms with van der Waals surface area (Å²) in [7, 11) is 0. The fraction of sp³-hybridized carbons (Fsp3) is 0.125. The molecule has 0 saturated carbocycles. The summed E-state index contributed by atoms with van der Waals surface area (Å²) in [6.45, 7) is 0. The van der Waals surface area contributed by atoms with Crippen molar-refractivity contribution in [1.29, 1.82) is 0 Å². The van der Waals surface area contributed by atoms with Crippen LogP contribution in [0.3, 0.4) is 0 Å². The van der Waals surface area contributed by atoms with E-state index in [1.54, 1.807) is 12.1 Å². The normalized spacial score (nSPS) is 17.9. The molecule has 96 valence electrons. The Morgan fingerprint density at radius 3 is 2.68 bits per heavy atom. The lowest BCUT2D eigenvalue weighted by Gasteiger charge is -2.07. The first-order valence-electron chi connectivity index (χ1n) is 6.26. The quantitative estimate of drug-likeness (QED) is 0.883. The van der Waals surface area contributed by atoms with Crippen LogP contribution in [0.2, 0.25) is 0 Å². The van der Waals surface area contributed by atoms with Crippen molar-refractivity contribution in [3.05, 3.63) is 77.5 Å². The number of phenols is 1. The van der Waals surface area contributed by atoms with Gasteiger partial charge in [-0.1, -0.05) is 42.5 Å². The van der Waals surface area contributed by atoms with Gasteiger partial charge in [-0.3, -0.25) is 10.3 Å². The second-order valence-corrected chi connectivity index (χ2v) is 4.59. The summed E-state index contributed by atoms with van der Waals surface area (Å²) in [5.74, 6) is 0.256. The number of aromatic hydroxyl groups is 1. The zero-order valence-corrected chi connectivity index (χ0v) is 10.4. The van der Waals surface area contributed by atoms with Crippen LogP contribution in [0.4, 0.5) is 0 Å². The molecular weight excluding hydrogens is 238 g/mol. The third-order valence-corrected chi connectivity index (χ3v) is 3.11. The first kappa shape index (κ1) is 11.8. The number of hydrogen-bond donors (Lipinski definition) is 2. The maximum Gasteiger partial charge on any atom is 0.131 e. The van der Waals surface area contributed by atoms with E-state index in [0.717, 1.165) is 17.7 Å². The molecule has 2 aromatic rings. The summed E-state index contributed by atoms with van der Waals surface area (Å²) in [5.41, 5.74) is 6.17. The minimum atomic E-state index is -0.147. The van der Waals surface area contributed by atoms with E-state index >= 15 is 0 Å². The molecule has 2 aromatic carbocycles. The lowest BCUT2D eigenvalue weighted by atomic mass is 10.1. The van der Waals surface area contributed by atoms with Gasteiger partial charge in [-0.25, -0.2) is 0 Å². The molecule has 3 nitrogen and oxygen atoms in total. The third-order valence-electron chi connectivity index (χ3n) is 3.11. The largest absolute Gasteiger partial charge is 0.508 e. The van der Waals surface area contributed by atoms with Crippen LogP contribution in [-0.2, 0) is 11.3 Å². The van der Waals surface area contributed by atoms with Crippen molar-refractivity contribution >= 4 is 0 Å². The number of allylic oxidation sites excluding steroid dienone is 1. The molecule has 19 heavy (non-hydrogen) atoms. The second kappa shape index (κ2) is 5.16. The maximum atomic E-state index is 9.48. The number of nitrogens with one attached hydrogen (secondary N) is 1. The van der Waals surface area contributed by atoms with Crippen molar-refractivity contribution in [1.82, 2.24) is 5.48 Å². The van der Waals surface area contributed by atoms with Crippen molar-refractivity contribution in [2.45, 2.75) is 12.5 Å². The molecule has 1 heterocycles. The van der Waals surface area contributed by atoms with Gasteiger partial charge < -0.3 is 5.11 Å². The number of hydrogen-bond acceptors (Lipinski definition) is 3. The molecule has 2 N–H and O–H groups in total. The first-order valence-corrected chi connectivity index (χ1v) is 6.26. The van der Waals surface area contributed by atoms with Gasteiger partial charge in [0, 0.05) is 12.1 Å². The summed E-state index contributed by atoms with van der Waals surface area (Å²) >= 11 is 0. The molecule has 1 unspecified atom stereocenters. The van der Waals surface area contributed by atoms with E-state index in [1.807, 2.05) is 36.4 Å². The molecule has 1 aliphatic heterocycles. The smallest absolute Gasteiger partial charge is 0.131 e. The third kappa shape index (κ3) is 2.77. The Balaban J connectivity index is 1.74. The SMILES string of the molecule is Oc1cccc(C2C=C(Cc3ccccc3)NO2)c1. The van der Waals surface area contributed by atoms with Gasteiger partial charge in [-0.05, 0) is 29.3 Å². The average Bonchev–Trinajstić information content (AvgIpc) is 2.88. The second-order valence-electron chi connectivity index (χ2n) is 4.59. The highest BCUT2D eigenvalue weighted by Gasteiger charge is 2.18. The van der Waals surface area contributed by atoms with Crippen molar-refractivity contribution < 1.29 is 9.94 Å². The minimum Gasteiger partial charge on any atom is -0.508 e. The van der Waals surface area contributed by atoms with E-state index in [9.17, 15) is 5.11 Å². The van der Waals surface area contributed by atoms with Gasteiger partial charge in [0.25, 0.3) is 0 Å². The molecule has 0 radical (unpaired) electrons. The highest BCUT2D eigenvalue weighted by Crippen LogP contribution is 2.27. The maximum absolute atomic E-state index is 9.48. The number of rotatable bonds is 3. The summed E-state index contributed by atoms with van der Waals surface area (Å²) in [5, 5.41) is 9.48. The fourth-order valence-corrected chi connectivity index (χ4v) is 2.17. The molecule has 0 amide bonds. The molecule has 0 aliphatic carbocycles. The summed E-state index contributed by atoms with van der Waals surface area (Å²) in [6.07, 6.45) is 2.71. The Hall–Kier alpha value is -2.26. The van der Waals surface area contributed by atoms with Crippen molar-refractivity contribution in [3.63, 3.8) is 0 Å². The lowest BCUT2D eigenvalue weighted by Crippen LogP contribution is -2.09. The number of phenolic OH excluding ortho intramolecular Hbond substituents is 1. The zero-order valence-electron chi connectivity index (χ0n) is 10.4. The van der Waals surface area contributed by atoms with Gasteiger partial charge in [0.2, 0.25) is 0 Å². The number of hydroxylamine groups is 1. The van der Waals surface area contributed by atoms with Gasteiger partial charge in [0.05, 0.1) is 0 Å². The topological polar surface area (TPSA) is 41.5 Å². The highest BCUT2D eigenvalue weighted by atomic mass is 16.7. The van der Waals surface area contributed by atoms with Gasteiger partial charge in [-0.2, -0.15) is 0 Å². The molecule has 0 aromatic heterocycles. The van der Waals surface area contributed by atoms with Gasteiger partial charge in [0.15, 0.2) is 0 Å². The van der Waals surface area contributed by atoms with Gasteiger partial charge >= 0.3 is 0 Å². The standard InChI is InChI=1S/C16H15NO2/c18-15-8-4-7-13(10-15)16-11-14(17-19-16)9-12-5-2-1-3-6-12/h1-8,10-11,16-18H,9H2. The van der Waals surface area contributed by atoms with Crippen LogP contribution in [0, 0.1) is 0 Å². The summed E-state index contributed by atoms with van der Waals surface area (Å²) in [4.78, 5) is 5.53. The summed E-state index contributed by atoms with van der Waals surface area (Å²) in [6, 6.07) is 17.4. The van der Waals surface area contributed by atoms with E-state index in [-0.39, 0.29) is 11.9 Å². The van der Waals surface area contributed by atoms with Crippen LogP contribution in [-0.4, -0.2) is 5.11 Å². The molecule has 0 saturated heterocycles. The highest BCUT2D eigenvalue weighted by molar-refractivity contribution is 5.33. The molecule has 0 spiro atoms. The van der Waals surface area contributed by atoms with Crippen LogP contribution in [0.5, 0.6) is 5.75 Å². The van der Waals surface area contributed by atoms with Crippen LogP contribution in [0.15, 0.2) is 66.4 Å². The average molecular weight is 253 g/mol. The van der Waals surface area contributed by atoms with E-state index in [2.05, 4.69) is 17.6 Å². The van der Waals surface area contributed by atoms with Crippen LogP contribution in [0.1, 0.15) is 17.2 Å². The Labute approximate surface area is 112 Å². The first-order chi connectivity index (χ1) is 9.31. The van der Waals surface area contributed by atoms with E-state index in [4.69, 9.17) is 4.84 Å². The van der Waals surface area contributed by atoms with E-state index < -0.39 is 0 Å². The summed E-state index contributed by atoms with van der Waals surface area (Å²) < 4.78 is 0.